The quantitative estimate of drug-likeness (QED) is 0.456. The Morgan fingerprint density at radius 3 is 3.31 bits per heavy atom. The number of nitrogens with zero attached hydrogens (tertiary/aromatic N) is 3. The smallest absolute Gasteiger partial charge is 0.384 e. The van der Waals surface area contributed by atoms with Crippen LogP contribution >= 0.6 is 0 Å². The van der Waals surface area contributed by atoms with Crippen LogP contribution in [-0.2, 0) is 6.54 Å². The summed E-state index contributed by atoms with van der Waals surface area (Å²) >= 11 is 0. The largest absolute Gasteiger partial charge is 0.389 e. The number of rotatable bonds is 1. The summed E-state index contributed by atoms with van der Waals surface area (Å²) in [4.78, 5) is 13.5. The molecule has 0 aliphatic carbocycles. The molecule has 0 saturated carbocycles. The molecular formula is C6H8N4O3. The molecule has 7 heteroatoms. The van der Waals surface area contributed by atoms with Crippen molar-refractivity contribution >= 4 is 11.8 Å². The Balaban J connectivity index is 2.33. The maximum Gasteiger partial charge on any atom is 0.384 e. The zero-order chi connectivity index (χ0) is 9.42. The number of β-amino-alcohol motifs (C(OH)–C–C–N with tert-alkyl or cyclic N) is 1. The highest BCUT2D eigenvalue weighted by molar-refractivity contribution is 5.36. The molecule has 70 valence electrons. The summed E-state index contributed by atoms with van der Waals surface area (Å²) in [6.07, 6.45) is 0.798. The van der Waals surface area contributed by atoms with Gasteiger partial charge in [-0.1, -0.05) is 0 Å². The topological polar surface area (TPSA) is 93.2 Å². The van der Waals surface area contributed by atoms with Crippen LogP contribution < -0.4 is 5.32 Å². The number of anilines is 1. The third-order valence-electron chi connectivity index (χ3n) is 1.85. The summed E-state index contributed by atoms with van der Waals surface area (Å²) in [5.41, 5.74) is 0. The molecule has 0 aromatic carbocycles. The molecule has 1 aromatic heterocycles. The highest BCUT2D eigenvalue weighted by Gasteiger charge is 2.24. The summed E-state index contributed by atoms with van der Waals surface area (Å²) in [6, 6.07) is 0. The molecule has 7 nitrogen and oxygen atoms in total. The lowest BCUT2D eigenvalue weighted by Crippen LogP contribution is -2.31. The van der Waals surface area contributed by atoms with Crippen LogP contribution in [0.15, 0.2) is 6.20 Å². The SMILES string of the molecule is O=[N+]([O-])c1cn2c(n1)NCC(O)C2. The molecule has 1 aliphatic heterocycles. The van der Waals surface area contributed by atoms with Gasteiger partial charge in [0.15, 0.2) is 0 Å². The van der Waals surface area contributed by atoms with Crippen molar-refractivity contribution in [3.05, 3.63) is 16.3 Å². The lowest BCUT2D eigenvalue weighted by molar-refractivity contribution is -0.389. The fourth-order valence-electron chi connectivity index (χ4n) is 1.27. The van der Waals surface area contributed by atoms with Gasteiger partial charge in [0, 0.05) is 11.5 Å². The summed E-state index contributed by atoms with van der Waals surface area (Å²) in [5.74, 6) is 0.244. The molecule has 1 aromatic rings. The first-order valence-electron chi connectivity index (χ1n) is 3.80. The molecule has 0 spiro atoms. The Kier molecular flexibility index (Phi) is 1.66. The maximum absolute atomic E-state index is 10.3. The van der Waals surface area contributed by atoms with E-state index in [1.54, 1.807) is 0 Å². The van der Waals surface area contributed by atoms with Crippen LogP contribution in [0.2, 0.25) is 0 Å². The van der Waals surface area contributed by atoms with Crippen molar-refractivity contribution < 1.29 is 10.0 Å². The number of aliphatic hydroxyl groups is 1. The number of aromatic nitrogens is 2. The van der Waals surface area contributed by atoms with Crippen LogP contribution in [0.4, 0.5) is 11.8 Å². The highest BCUT2D eigenvalue weighted by Crippen LogP contribution is 2.18. The molecule has 1 atom stereocenters. The minimum absolute atomic E-state index is 0.198. The number of imidazole rings is 1. The van der Waals surface area contributed by atoms with E-state index in [4.69, 9.17) is 0 Å². The average molecular weight is 184 g/mol. The van der Waals surface area contributed by atoms with E-state index in [1.807, 2.05) is 0 Å². The second kappa shape index (κ2) is 2.70. The van der Waals surface area contributed by atoms with Crippen molar-refractivity contribution in [3.63, 3.8) is 0 Å². The van der Waals surface area contributed by atoms with Crippen LogP contribution in [0.25, 0.3) is 0 Å². The van der Waals surface area contributed by atoms with Gasteiger partial charge in [0.25, 0.3) is 0 Å². The van der Waals surface area contributed by atoms with Gasteiger partial charge < -0.3 is 20.5 Å². The number of fused-ring (bicyclic) bond motifs is 1. The predicted molar refractivity (Wildman–Crippen MR) is 43.4 cm³/mol. The Morgan fingerprint density at radius 2 is 2.62 bits per heavy atom. The number of hydrogen-bond donors (Lipinski definition) is 2. The third kappa shape index (κ3) is 1.33. The van der Waals surface area contributed by atoms with Crippen LogP contribution in [0.5, 0.6) is 0 Å². The van der Waals surface area contributed by atoms with Crippen molar-refractivity contribution in [3.8, 4) is 0 Å². The van der Waals surface area contributed by atoms with Gasteiger partial charge in [-0.25, -0.2) is 0 Å². The second-order valence-corrected chi connectivity index (χ2v) is 2.87. The monoisotopic (exact) mass is 184 g/mol. The first kappa shape index (κ1) is 7.99. The molecule has 0 amide bonds. The lowest BCUT2D eigenvalue weighted by Gasteiger charge is -2.17. The van der Waals surface area contributed by atoms with E-state index in [0.29, 0.717) is 19.0 Å². The van der Waals surface area contributed by atoms with Gasteiger partial charge in [-0.15, -0.1) is 0 Å². The van der Waals surface area contributed by atoms with Gasteiger partial charge in [-0.05, 0) is 4.92 Å². The number of nitro groups is 1. The zero-order valence-corrected chi connectivity index (χ0v) is 6.67. The second-order valence-electron chi connectivity index (χ2n) is 2.87. The summed E-state index contributed by atoms with van der Waals surface area (Å²) in [7, 11) is 0. The fourth-order valence-corrected chi connectivity index (χ4v) is 1.27. The molecule has 2 N–H and O–H groups in total. The molecule has 13 heavy (non-hydrogen) atoms. The van der Waals surface area contributed by atoms with E-state index in [0.717, 1.165) is 0 Å². The summed E-state index contributed by atoms with van der Waals surface area (Å²) < 4.78 is 1.53. The molecule has 0 radical (unpaired) electrons. The van der Waals surface area contributed by atoms with Gasteiger partial charge in [0.05, 0.1) is 12.6 Å². The van der Waals surface area contributed by atoms with E-state index in [9.17, 15) is 15.2 Å². The van der Waals surface area contributed by atoms with Gasteiger partial charge in [-0.3, -0.25) is 4.57 Å². The molecule has 2 heterocycles. The third-order valence-corrected chi connectivity index (χ3v) is 1.85. The van der Waals surface area contributed by atoms with Crippen molar-refractivity contribution in [2.24, 2.45) is 0 Å². The van der Waals surface area contributed by atoms with Gasteiger partial charge >= 0.3 is 11.8 Å². The van der Waals surface area contributed by atoms with Crippen LogP contribution in [-0.4, -0.2) is 32.2 Å². The average Bonchev–Trinajstić information content (AvgIpc) is 2.46. The normalized spacial score (nSPS) is 20.5. The number of nitrogens with one attached hydrogen (secondary N) is 1. The summed E-state index contributed by atoms with van der Waals surface area (Å²) in [6.45, 7) is 0.733. The zero-order valence-electron chi connectivity index (χ0n) is 6.67. The fraction of sp³-hybridized carbons (Fsp3) is 0.500. The number of aliphatic hydroxyl groups excluding tert-OH is 1. The number of hydrogen-bond acceptors (Lipinski definition) is 5. The van der Waals surface area contributed by atoms with Crippen molar-refractivity contribution in [2.75, 3.05) is 11.9 Å². The molecule has 0 saturated heterocycles. The standard InChI is InChI=1S/C6H8N4O3/c11-4-1-7-6-8-5(10(12)13)3-9(6)2-4/h3-4,11H,1-2H2,(H,7,8). The van der Waals surface area contributed by atoms with Gasteiger partial charge in [0.2, 0.25) is 0 Å². The molecule has 1 aliphatic rings. The van der Waals surface area contributed by atoms with E-state index in [-0.39, 0.29) is 5.82 Å². The maximum atomic E-state index is 10.3. The molecule has 0 bridgehead atoms. The van der Waals surface area contributed by atoms with Crippen LogP contribution in [0.3, 0.4) is 0 Å². The molecule has 1 unspecified atom stereocenters. The Labute approximate surface area is 73.2 Å². The van der Waals surface area contributed by atoms with Crippen LogP contribution in [0.1, 0.15) is 0 Å². The van der Waals surface area contributed by atoms with Crippen molar-refractivity contribution in [1.82, 2.24) is 9.55 Å². The first-order chi connectivity index (χ1) is 6.16. The Morgan fingerprint density at radius 1 is 1.85 bits per heavy atom. The van der Waals surface area contributed by atoms with E-state index < -0.39 is 11.0 Å². The molecule has 0 fully saturated rings. The Hall–Kier alpha value is -1.63. The minimum Gasteiger partial charge on any atom is -0.389 e. The predicted octanol–water partition coefficient (Wildman–Crippen LogP) is -0.422. The highest BCUT2D eigenvalue weighted by atomic mass is 16.6. The minimum atomic E-state index is -0.556. The van der Waals surface area contributed by atoms with Crippen LogP contribution in [0, 0.1) is 10.1 Å². The summed E-state index contributed by atoms with van der Waals surface area (Å²) in [5, 5.41) is 22.3. The van der Waals surface area contributed by atoms with E-state index >= 15 is 0 Å². The van der Waals surface area contributed by atoms with E-state index in [1.165, 1.54) is 10.8 Å². The lowest BCUT2D eigenvalue weighted by atomic mass is 10.3. The molecule has 2 rings (SSSR count). The van der Waals surface area contributed by atoms with Crippen molar-refractivity contribution in [2.45, 2.75) is 12.6 Å². The molecular weight excluding hydrogens is 176 g/mol. The first-order valence-corrected chi connectivity index (χ1v) is 3.80. The van der Waals surface area contributed by atoms with Gasteiger partial charge in [-0.2, -0.15) is 0 Å². The van der Waals surface area contributed by atoms with Crippen molar-refractivity contribution in [1.29, 1.82) is 0 Å². The van der Waals surface area contributed by atoms with Gasteiger partial charge in [0.1, 0.15) is 6.20 Å². The van der Waals surface area contributed by atoms with E-state index in [2.05, 4.69) is 10.3 Å². The Bertz CT molecular complexity index is 348.